The van der Waals surface area contributed by atoms with Crippen molar-refractivity contribution < 1.29 is 4.79 Å². The van der Waals surface area contributed by atoms with Crippen LogP contribution < -0.4 is 11.1 Å². The van der Waals surface area contributed by atoms with E-state index < -0.39 is 0 Å². The molecule has 0 aliphatic heterocycles. The molecule has 88 valence electrons. The van der Waals surface area contributed by atoms with Crippen LogP contribution in [0.4, 0.5) is 5.82 Å². The number of hydrogen-bond acceptors (Lipinski definition) is 3. The van der Waals surface area contributed by atoms with Crippen molar-refractivity contribution in [2.45, 2.75) is 39.2 Å². The van der Waals surface area contributed by atoms with Crippen molar-refractivity contribution in [3.05, 3.63) is 23.9 Å². The summed E-state index contributed by atoms with van der Waals surface area (Å²) in [6.07, 6.45) is 3.87. The summed E-state index contributed by atoms with van der Waals surface area (Å²) in [5.41, 5.74) is 6.69. The number of rotatable bonds is 5. The van der Waals surface area contributed by atoms with Crippen molar-refractivity contribution in [3.63, 3.8) is 0 Å². The lowest BCUT2D eigenvalue weighted by Gasteiger charge is -2.06. The van der Waals surface area contributed by atoms with Gasteiger partial charge in [-0.05, 0) is 44.4 Å². The molecule has 0 aromatic carbocycles. The Balaban J connectivity index is 2.34. The van der Waals surface area contributed by atoms with Crippen LogP contribution in [-0.4, -0.2) is 16.9 Å². The molecule has 3 N–H and O–H groups in total. The minimum Gasteiger partial charge on any atom is -0.328 e. The molecule has 1 heterocycles. The molecule has 1 aromatic rings. The number of amides is 1. The van der Waals surface area contributed by atoms with Gasteiger partial charge in [0.15, 0.2) is 0 Å². The lowest BCUT2D eigenvalue weighted by Crippen LogP contribution is -2.17. The second-order valence-corrected chi connectivity index (χ2v) is 4.14. The van der Waals surface area contributed by atoms with Gasteiger partial charge in [0.05, 0.1) is 0 Å². The third kappa shape index (κ3) is 4.89. The molecule has 0 fully saturated rings. The van der Waals surface area contributed by atoms with Crippen LogP contribution in [0.1, 0.15) is 31.7 Å². The van der Waals surface area contributed by atoms with Crippen molar-refractivity contribution in [2.75, 3.05) is 5.32 Å². The van der Waals surface area contributed by atoms with Crippen LogP contribution in [0, 0.1) is 6.92 Å². The number of carbonyl (C=O) groups is 1. The molecule has 4 heteroatoms. The zero-order chi connectivity index (χ0) is 12.0. The van der Waals surface area contributed by atoms with Gasteiger partial charge in [0.2, 0.25) is 5.91 Å². The first-order valence-electron chi connectivity index (χ1n) is 5.56. The number of pyridine rings is 1. The Bertz CT molecular complexity index is 350. The highest BCUT2D eigenvalue weighted by molar-refractivity contribution is 5.89. The van der Waals surface area contributed by atoms with Gasteiger partial charge in [-0.25, -0.2) is 4.98 Å². The Labute approximate surface area is 96.3 Å². The first kappa shape index (κ1) is 12.6. The highest BCUT2D eigenvalue weighted by atomic mass is 16.1. The van der Waals surface area contributed by atoms with Crippen LogP contribution in [0.5, 0.6) is 0 Å². The van der Waals surface area contributed by atoms with Gasteiger partial charge in [-0.15, -0.1) is 0 Å². The number of nitrogens with zero attached hydrogens (tertiary/aromatic N) is 1. The van der Waals surface area contributed by atoms with Gasteiger partial charge in [-0.2, -0.15) is 0 Å². The largest absolute Gasteiger partial charge is 0.328 e. The van der Waals surface area contributed by atoms with Crippen molar-refractivity contribution >= 4 is 11.7 Å². The van der Waals surface area contributed by atoms with E-state index in [0.717, 1.165) is 18.4 Å². The lowest BCUT2D eigenvalue weighted by molar-refractivity contribution is -0.116. The molecule has 1 unspecified atom stereocenters. The van der Waals surface area contributed by atoms with E-state index in [1.165, 1.54) is 0 Å². The maximum atomic E-state index is 11.5. The average molecular weight is 221 g/mol. The zero-order valence-electron chi connectivity index (χ0n) is 9.86. The van der Waals surface area contributed by atoms with Crippen molar-refractivity contribution in [3.8, 4) is 0 Å². The normalized spacial score (nSPS) is 12.2. The molecule has 0 radical (unpaired) electrons. The summed E-state index contributed by atoms with van der Waals surface area (Å²) in [7, 11) is 0. The number of aromatic nitrogens is 1. The smallest absolute Gasteiger partial charge is 0.225 e. The minimum absolute atomic E-state index is 0.00116. The third-order valence-electron chi connectivity index (χ3n) is 2.25. The first-order chi connectivity index (χ1) is 7.58. The fourth-order valence-electron chi connectivity index (χ4n) is 1.39. The van der Waals surface area contributed by atoms with Crippen molar-refractivity contribution in [1.29, 1.82) is 0 Å². The fourth-order valence-corrected chi connectivity index (χ4v) is 1.39. The van der Waals surface area contributed by atoms with Crippen molar-refractivity contribution in [1.82, 2.24) is 4.98 Å². The summed E-state index contributed by atoms with van der Waals surface area (Å²) in [6.45, 7) is 3.91. The van der Waals surface area contributed by atoms with E-state index in [4.69, 9.17) is 5.73 Å². The van der Waals surface area contributed by atoms with Crippen LogP contribution in [0.25, 0.3) is 0 Å². The summed E-state index contributed by atoms with van der Waals surface area (Å²) < 4.78 is 0. The molecule has 1 rings (SSSR count). The number of nitrogens with one attached hydrogen (secondary N) is 1. The maximum absolute atomic E-state index is 11.5. The molecule has 16 heavy (non-hydrogen) atoms. The van der Waals surface area contributed by atoms with E-state index in [1.807, 2.05) is 26.0 Å². The van der Waals surface area contributed by atoms with Gasteiger partial charge in [0.1, 0.15) is 5.82 Å². The quantitative estimate of drug-likeness (QED) is 0.797. The Kier molecular flexibility index (Phi) is 4.92. The molecular weight excluding hydrogens is 202 g/mol. The lowest BCUT2D eigenvalue weighted by atomic mass is 10.1. The van der Waals surface area contributed by atoms with E-state index in [-0.39, 0.29) is 11.9 Å². The second-order valence-electron chi connectivity index (χ2n) is 4.14. The molecule has 0 saturated carbocycles. The Hall–Kier alpha value is -1.42. The average Bonchev–Trinajstić information content (AvgIpc) is 2.16. The predicted octanol–water partition coefficient (Wildman–Crippen LogP) is 1.85. The molecule has 1 aromatic heterocycles. The number of anilines is 1. The molecule has 0 saturated heterocycles. The SMILES string of the molecule is Cc1ccnc(NC(=O)CCCC(C)N)c1. The Morgan fingerprint density at radius 3 is 3.00 bits per heavy atom. The van der Waals surface area contributed by atoms with E-state index in [2.05, 4.69) is 10.3 Å². The molecule has 0 bridgehead atoms. The number of aryl methyl sites for hydroxylation is 1. The maximum Gasteiger partial charge on any atom is 0.225 e. The van der Waals surface area contributed by atoms with Crippen LogP contribution >= 0.6 is 0 Å². The van der Waals surface area contributed by atoms with Gasteiger partial charge in [0.25, 0.3) is 0 Å². The van der Waals surface area contributed by atoms with Crippen molar-refractivity contribution in [2.24, 2.45) is 5.73 Å². The summed E-state index contributed by atoms with van der Waals surface area (Å²) in [6, 6.07) is 3.90. The van der Waals surface area contributed by atoms with Gasteiger partial charge in [-0.1, -0.05) is 0 Å². The van der Waals surface area contributed by atoms with Crippen LogP contribution in [0.2, 0.25) is 0 Å². The Morgan fingerprint density at radius 2 is 2.38 bits per heavy atom. The highest BCUT2D eigenvalue weighted by Crippen LogP contribution is 2.07. The summed E-state index contributed by atoms with van der Waals surface area (Å²) in [5.74, 6) is 0.615. The first-order valence-corrected chi connectivity index (χ1v) is 5.56. The molecule has 0 spiro atoms. The topological polar surface area (TPSA) is 68.0 Å². The van der Waals surface area contributed by atoms with E-state index in [0.29, 0.717) is 12.2 Å². The monoisotopic (exact) mass is 221 g/mol. The summed E-state index contributed by atoms with van der Waals surface area (Å²) in [5, 5.41) is 2.77. The van der Waals surface area contributed by atoms with Crippen LogP contribution in [0.3, 0.4) is 0 Å². The van der Waals surface area contributed by atoms with Gasteiger partial charge < -0.3 is 11.1 Å². The van der Waals surface area contributed by atoms with Gasteiger partial charge in [0, 0.05) is 18.7 Å². The fraction of sp³-hybridized carbons (Fsp3) is 0.500. The van der Waals surface area contributed by atoms with E-state index in [1.54, 1.807) is 6.20 Å². The van der Waals surface area contributed by atoms with E-state index >= 15 is 0 Å². The number of hydrogen-bond donors (Lipinski definition) is 2. The summed E-state index contributed by atoms with van der Waals surface area (Å²) >= 11 is 0. The third-order valence-corrected chi connectivity index (χ3v) is 2.25. The zero-order valence-corrected chi connectivity index (χ0v) is 9.86. The predicted molar refractivity (Wildman–Crippen MR) is 65.1 cm³/mol. The molecule has 1 amide bonds. The number of nitrogens with two attached hydrogens (primary N) is 1. The molecule has 4 nitrogen and oxygen atoms in total. The highest BCUT2D eigenvalue weighted by Gasteiger charge is 2.04. The Morgan fingerprint density at radius 1 is 1.62 bits per heavy atom. The number of carbonyl (C=O) groups excluding carboxylic acids is 1. The summed E-state index contributed by atoms with van der Waals surface area (Å²) in [4.78, 5) is 15.6. The molecular formula is C12H19N3O. The molecule has 0 aliphatic carbocycles. The van der Waals surface area contributed by atoms with Gasteiger partial charge in [-0.3, -0.25) is 4.79 Å². The van der Waals surface area contributed by atoms with Gasteiger partial charge >= 0.3 is 0 Å². The standard InChI is InChI=1S/C12H19N3O/c1-9-6-7-14-11(8-9)15-12(16)5-3-4-10(2)13/h6-8,10H,3-5,13H2,1-2H3,(H,14,15,16). The molecule has 1 atom stereocenters. The minimum atomic E-state index is -0.00116. The van der Waals surface area contributed by atoms with E-state index in [9.17, 15) is 4.79 Å². The molecule has 0 aliphatic rings. The second kappa shape index (κ2) is 6.23. The van der Waals surface area contributed by atoms with Crippen LogP contribution in [0.15, 0.2) is 18.3 Å². The van der Waals surface area contributed by atoms with Crippen LogP contribution in [-0.2, 0) is 4.79 Å².